The number of hydrogen-bond donors (Lipinski definition) is 0. The minimum atomic E-state index is 0.175. The van der Waals surface area contributed by atoms with Crippen LogP contribution < -0.4 is 4.57 Å². The van der Waals surface area contributed by atoms with Crippen LogP contribution >= 0.6 is 0 Å². The third kappa shape index (κ3) is 2.40. The van der Waals surface area contributed by atoms with Crippen molar-refractivity contribution in [3.8, 4) is 12.1 Å². The quantitative estimate of drug-likeness (QED) is 0.504. The highest BCUT2D eigenvalue weighted by atomic mass is 14.9. The molecule has 0 atom stereocenters. The van der Waals surface area contributed by atoms with Crippen LogP contribution in [-0.2, 0) is 6.54 Å². The molecule has 1 aromatic heterocycles. The van der Waals surface area contributed by atoms with Gasteiger partial charge in [0.2, 0.25) is 0 Å². The van der Waals surface area contributed by atoms with E-state index in [2.05, 4.69) is 4.98 Å². The highest BCUT2D eigenvalue weighted by molar-refractivity contribution is 5.38. The van der Waals surface area contributed by atoms with Crippen LogP contribution in [0.2, 0.25) is 0 Å². The lowest BCUT2D eigenvalue weighted by atomic mass is 10.1. The van der Waals surface area contributed by atoms with Crippen LogP contribution in [0.1, 0.15) is 6.92 Å². The van der Waals surface area contributed by atoms with Gasteiger partial charge >= 0.3 is 0 Å². The Balaban J connectivity index is 2.87. The highest BCUT2D eigenvalue weighted by Gasteiger charge is 2.05. The van der Waals surface area contributed by atoms with Crippen LogP contribution in [-0.4, -0.2) is 4.98 Å². The van der Waals surface area contributed by atoms with Crippen LogP contribution in [0.5, 0.6) is 0 Å². The summed E-state index contributed by atoms with van der Waals surface area (Å²) in [6.45, 7) is 2.31. The van der Waals surface area contributed by atoms with Gasteiger partial charge < -0.3 is 0 Å². The van der Waals surface area contributed by atoms with Gasteiger partial charge in [0.25, 0.3) is 0 Å². The molecule has 0 fully saturated rings. The Bertz CT molecular complexity index is 404. The first kappa shape index (κ1) is 9.88. The predicted molar refractivity (Wildman–Crippen MR) is 48.4 cm³/mol. The molecule has 0 aliphatic carbocycles. The van der Waals surface area contributed by atoms with E-state index in [1.54, 1.807) is 31.7 Å². The monoisotopic (exact) mass is 185 g/mol. The average Bonchev–Trinajstić information content (AvgIpc) is 2.21. The molecule has 68 valence electrons. The van der Waals surface area contributed by atoms with Crippen LogP contribution in [0.25, 0.3) is 0 Å². The Morgan fingerprint density at radius 2 is 1.86 bits per heavy atom. The van der Waals surface area contributed by atoms with Gasteiger partial charge in [-0.1, -0.05) is 0 Å². The summed E-state index contributed by atoms with van der Waals surface area (Å²) in [6, 6.07) is 3.72. The van der Waals surface area contributed by atoms with Crippen molar-refractivity contribution in [2.75, 3.05) is 0 Å². The maximum atomic E-state index is 8.62. The third-order valence-electron chi connectivity index (χ3n) is 1.76. The normalized spacial score (nSPS) is 8.50. The third-order valence-corrected chi connectivity index (χ3v) is 1.76. The maximum Gasteiger partial charge on any atom is 0.187 e. The van der Waals surface area contributed by atoms with Gasteiger partial charge in [-0.2, -0.15) is 15.1 Å². The van der Waals surface area contributed by atoms with E-state index in [1.807, 2.05) is 16.7 Å². The zero-order valence-corrected chi connectivity index (χ0v) is 7.81. The maximum absolute atomic E-state index is 8.62. The van der Waals surface area contributed by atoms with Crippen LogP contribution in [0.3, 0.4) is 0 Å². The van der Waals surface area contributed by atoms with Crippen molar-refractivity contribution in [1.29, 1.82) is 10.5 Å². The molecule has 0 bridgehead atoms. The van der Waals surface area contributed by atoms with Crippen LogP contribution in [0.4, 0.5) is 0 Å². The molecule has 14 heavy (non-hydrogen) atoms. The topological polar surface area (TPSA) is 64.3 Å². The largest absolute Gasteiger partial charge is 0.252 e. The second kappa shape index (κ2) is 4.74. The summed E-state index contributed by atoms with van der Waals surface area (Å²) >= 11 is 0. The Morgan fingerprint density at radius 3 is 2.36 bits per heavy atom. The fraction of sp³-hybridized carbons (Fsp3) is 0.200. The molecular formula is C10H9N4+. The fourth-order valence-electron chi connectivity index (χ4n) is 1.02. The van der Waals surface area contributed by atoms with Gasteiger partial charge in [-0.3, -0.25) is 4.98 Å². The summed E-state index contributed by atoms with van der Waals surface area (Å²) < 4.78 is 1.86. The van der Waals surface area contributed by atoms with Crippen molar-refractivity contribution in [3.05, 3.63) is 35.9 Å². The number of rotatable bonds is 2. The summed E-state index contributed by atoms with van der Waals surface area (Å²) in [5, 5.41) is 17.2. The number of nitrogens with zero attached hydrogens (tertiary/aromatic N) is 4. The lowest BCUT2D eigenvalue weighted by Gasteiger charge is -1.95. The summed E-state index contributed by atoms with van der Waals surface area (Å²) in [4.78, 5) is 3.87. The van der Waals surface area contributed by atoms with Crippen molar-refractivity contribution in [3.63, 3.8) is 0 Å². The highest BCUT2D eigenvalue weighted by Crippen LogP contribution is 2.00. The molecule has 0 saturated heterocycles. The summed E-state index contributed by atoms with van der Waals surface area (Å²) in [5.41, 5.74) is 0.931. The molecule has 4 heteroatoms. The van der Waals surface area contributed by atoms with E-state index in [1.165, 1.54) is 0 Å². The minimum Gasteiger partial charge on any atom is -0.252 e. The van der Waals surface area contributed by atoms with E-state index in [0.717, 1.165) is 5.57 Å². The molecule has 4 nitrogen and oxygen atoms in total. The smallest absolute Gasteiger partial charge is 0.187 e. The first-order valence-corrected chi connectivity index (χ1v) is 4.07. The van der Waals surface area contributed by atoms with Gasteiger partial charge in [-0.25, -0.2) is 0 Å². The SMILES string of the molecule is CC(C[n+]1ccncc1)=C(C#N)C#N. The Kier molecular flexibility index (Phi) is 3.34. The van der Waals surface area contributed by atoms with Crippen LogP contribution in [0, 0.1) is 22.7 Å². The number of aromatic nitrogens is 2. The predicted octanol–water partition coefficient (Wildman–Crippen LogP) is 0.733. The van der Waals surface area contributed by atoms with Crippen molar-refractivity contribution in [1.82, 2.24) is 4.98 Å². The Morgan fingerprint density at radius 1 is 1.29 bits per heavy atom. The second-order valence-corrected chi connectivity index (χ2v) is 2.80. The summed E-state index contributed by atoms with van der Waals surface area (Å²) in [5.74, 6) is 0. The first-order valence-electron chi connectivity index (χ1n) is 4.07. The Hall–Kier alpha value is -2.20. The minimum absolute atomic E-state index is 0.175. The number of nitriles is 2. The van der Waals surface area contributed by atoms with Gasteiger partial charge in [0.15, 0.2) is 18.9 Å². The summed E-state index contributed by atoms with van der Waals surface area (Å²) in [7, 11) is 0. The molecule has 0 radical (unpaired) electrons. The number of allylic oxidation sites excluding steroid dienone is 2. The zero-order valence-electron chi connectivity index (χ0n) is 7.81. The molecule has 0 spiro atoms. The summed E-state index contributed by atoms with van der Waals surface area (Å²) in [6.07, 6.45) is 6.89. The van der Waals surface area contributed by atoms with Gasteiger partial charge in [0.05, 0.1) is 12.4 Å². The fourth-order valence-corrected chi connectivity index (χ4v) is 1.02. The molecular weight excluding hydrogens is 176 g/mol. The standard InChI is InChI=1S/C10H9N4/c1-9(10(6-11)7-12)8-14-4-2-13-3-5-14/h2-5H,8H2,1H3/q+1. The van der Waals surface area contributed by atoms with E-state index < -0.39 is 0 Å². The van der Waals surface area contributed by atoms with Crippen LogP contribution in [0.15, 0.2) is 35.9 Å². The molecule has 0 N–H and O–H groups in total. The van der Waals surface area contributed by atoms with Gasteiger partial charge in [-0.15, -0.1) is 0 Å². The molecule has 0 aromatic carbocycles. The Labute approximate surface area is 82.4 Å². The molecule has 0 aliphatic rings. The van der Waals surface area contributed by atoms with Crippen molar-refractivity contribution in [2.24, 2.45) is 0 Å². The van der Waals surface area contributed by atoms with E-state index in [9.17, 15) is 0 Å². The van der Waals surface area contributed by atoms with E-state index in [4.69, 9.17) is 10.5 Å². The second-order valence-electron chi connectivity index (χ2n) is 2.80. The first-order chi connectivity index (χ1) is 6.77. The van der Waals surface area contributed by atoms with E-state index in [0.29, 0.717) is 6.54 Å². The van der Waals surface area contributed by atoms with Gasteiger partial charge in [0, 0.05) is 5.57 Å². The van der Waals surface area contributed by atoms with Crippen molar-refractivity contribution < 1.29 is 4.57 Å². The zero-order chi connectivity index (χ0) is 10.4. The van der Waals surface area contributed by atoms with E-state index >= 15 is 0 Å². The molecule has 0 saturated carbocycles. The molecule has 1 aromatic rings. The lowest BCUT2D eigenvalue weighted by Crippen LogP contribution is -2.33. The van der Waals surface area contributed by atoms with Gasteiger partial charge in [0.1, 0.15) is 17.7 Å². The number of hydrogen-bond acceptors (Lipinski definition) is 3. The molecule has 1 rings (SSSR count). The average molecular weight is 185 g/mol. The molecule has 0 unspecified atom stereocenters. The molecule has 1 heterocycles. The molecule has 0 amide bonds. The van der Waals surface area contributed by atoms with E-state index in [-0.39, 0.29) is 5.57 Å². The van der Waals surface area contributed by atoms with Crippen molar-refractivity contribution >= 4 is 0 Å². The lowest BCUT2D eigenvalue weighted by molar-refractivity contribution is -0.689. The molecule has 0 aliphatic heterocycles. The van der Waals surface area contributed by atoms with Gasteiger partial charge in [-0.05, 0) is 6.92 Å². The van der Waals surface area contributed by atoms with Crippen molar-refractivity contribution in [2.45, 2.75) is 13.5 Å².